The fourth-order valence-corrected chi connectivity index (χ4v) is 3.73. The molecule has 0 unspecified atom stereocenters. The van der Waals surface area contributed by atoms with E-state index in [1.165, 1.54) is 7.11 Å². The van der Waals surface area contributed by atoms with Crippen LogP contribution in [0.15, 0.2) is 24.3 Å². The largest absolute Gasteiger partial charge is 0.492 e. The first-order chi connectivity index (χ1) is 15.8. The van der Waals surface area contributed by atoms with Crippen molar-refractivity contribution < 1.29 is 13.9 Å². The summed E-state index contributed by atoms with van der Waals surface area (Å²) in [6, 6.07) is 6.92. The van der Waals surface area contributed by atoms with Gasteiger partial charge in [-0.05, 0) is 44.9 Å². The molecule has 0 aliphatic heterocycles. The first kappa shape index (κ1) is 20.9. The second-order valence-corrected chi connectivity index (χ2v) is 8.27. The number of amides is 1. The summed E-state index contributed by atoms with van der Waals surface area (Å²) in [4.78, 5) is 24.3. The molecular weight excluding hydrogens is 425 g/mol. The molecule has 1 saturated carbocycles. The lowest BCUT2D eigenvalue weighted by atomic mass is 10.1. The number of ether oxygens (including phenoxy) is 1. The molecule has 1 fully saturated rings. The molecule has 3 heterocycles. The van der Waals surface area contributed by atoms with Gasteiger partial charge in [0, 0.05) is 30.3 Å². The number of methoxy groups -OCH3 is 1. The van der Waals surface area contributed by atoms with Crippen LogP contribution >= 0.6 is 0 Å². The van der Waals surface area contributed by atoms with E-state index in [4.69, 9.17) is 4.74 Å². The molecule has 9 nitrogen and oxygen atoms in total. The quantitative estimate of drug-likeness (QED) is 0.407. The fraction of sp³-hybridized carbons (Fsp3) is 0.304. The van der Waals surface area contributed by atoms with E-state index >= 15 is 4.39 Å². The number of H-pyrrole nitrogens is 1. The minimum absolute atomic E-state index is 0.0387. The monoisotopic (exact) mass is 449 g/mol. The SMILES string of the molecule is COc1c(Nc2cc(NC(=O)C3CC3)nc3nc(C)[nH]c23)ccc(-c2cc(C)n(C)n2)c1F. The number of carbonyl (C=O) groups is 1. The van der Waals surface area contributed by atoms with Crippen LogP contribution in [-0.2, 0) is 11.8 Å². The molecule has 3 N–H and O–H groups in total. The zero-order valence-corrected chi connectivity index (χ0v) is 18.8. The number of nitrogens with zero attached hydrogens (tertiary/aromatic N) is 4. The number of aromatic nitrogens is 5. The number of aromatic amines is 1. The number of pyridine rings is 1. The molecule has 1 aliphatic carbocycles. The number of nitrogens with one attached hydrogen (secondary N) is 3. The zero-order chi connectivity index (χ0) is 23.3. The minimum Gasteiger partial charge on any atom is -0.492 e. The Balaban J connectivity index is 1.54. The molecule has 0 radical (unpaired) electrons. The van der Waals surface area contributed by atoms with Gasteiger partial charge < -0.3 is 20.4 Å². The Morgan fingerprint density at radius 3 is 2.67 bits per heavy atom. The van der Waals surface area contributed by atoms with Gasteiger partial charge in [-0.15, -0.1) is 0 Å². The predicted octanol–water partition coefficient (Wildman–Crippen LogP) is 4.22. The molecule has 33 heavy (non-hydrogen) atoms. The van der Waals surface area contributed by atoms with E-state index in [9.17, 15) is 4.79 Å². The summed E-state index contributed by atoms with van der Waals surface area (Å²) in [5.74, 6) is 0.573. The Morgan fingerprint density at radius 2 is 2.00 bits per heavy atom. The van der Waals surface area contributed by atoms with Crippen LogP contribution in [0.1, 0.15) is 24.4 Å². The average molecular weight is 449 g/mol. The Bertz CT molecular complexity index is 1370. The summed E-state index contributed by atoms with van der Waals surface area (Å²) in [5, 5.41) is 10.4. The number of hydrogen-bond acceptors (Lipinski definition) is 6. The van der Waals surface area contributed by atoms with Gasteiger partial charge in [-0.2, -0.15) is 5.10 Å². The number of fused-ring (bicyclic) bond motifs is 1. The lowest BCUT2D eigenvalue weighted by Crippen LogP contribution is -2.14. The van der Waals surface area contributed by atoms with Crippen LogP contribution in [0.4, 0.5) is 21.6 Å². The van der Waals surface area contributed by atoms with E-state index in [2.05, 4.69) is 30.7 Å². The number of rotatable bonds is 6. The number of imidazole rings is 1. The summed E-state index contributed by atoms with van der Waals surface area (Å²) < 4.78 is 22.5. The van der Waals surface area contributed by atoms with Crippen molar-refractivity contribution in [3.05, 3.63) is 41.6 Å². The molecule has 1 aromatic carbocycles. The number of carbonyl (C=O) groups excluding carboxylic acids is 1. The van der Waals surface area contributed by atoms with Crippen LogP contribution in [0.25, 0.3) is 22.4 Å². The van der Waals surface area contributed by atoms with Gasteiger partial charge in [0.1, 0.15) is 17.2 Å². The van der Waals surface area contributed by atoms with Crippen molar-refractivity contribution in [2.24, 2.45) is 13.0 Å². The second-order valence-electron chi connectivity index (χ2n) is 8.27. The molecule has 0 bridgehead atoms. The second kappa shape index (κ2) is 7.88. The van der Waals surface area contributed by atoms with Crippen molar-refractivity contribution in [2.45, 2.75) is 26.7 Å². The first-order valence-electron chi connectivity index (χ1n) is 10.7. The van der Waals surface area contributed by atoms with Crippen LogP contribution in [0.3, 0.4) is 0 Å². The molecule has 170 valence electrons. The molecule has 10 heteroatoms. The maximum absolute atomic E-state index is 15.4. The van der Waals surface area contributed by atoms with Crippen molar-refractivity contribution >= 4 is 34.3 Å². The van der Waals surface area contributed by atoms with Crippen molar-refractivity contribution in [3.8, 4) is 17.0 Å². The molecule has 4 aromatic rings. The third-order valence-electron chi connectivity index (χ3n) is 5.74. The van der Waals surface area contributed by atoms with Gasteiger partial charge in [-0.3, -0.25) is 9.48 Å². The Kier molecular flexibility index (Phi) is 4.99. The van der Waals surface area contributed by atoms with Crippen LogP contribution in [0.5, 0.6) is 5.75 Å². The van der Waals surface area contributed by atoms with Crippen LogP contribution in [0, 0.1) is 25.6 Å². The van der Waals surface area contributed by atoms with Crippen molar-refractivity contribution in [1.82, 2.24) is 24.7 Å². The van der Waals surface area contributed by atoms with Gasteiger partial charge in [0.05, 0.1) is 24.2 Å². The number of anilines is 3. The molecule has 5 rings (SSSR count). The van der Waals surface area contributed by atoms with Crippen molar-refractivity contribution in [3.63, 3.8) is 0 Å². The fourth-order valence-electron chi connectivity index (χ4n) is 3.73. The van der Waals surface area contributed by atoms with Gasteiger partial charge in [0.2, 0.25) is 5.91 Å². The van der Waals surface area contributed by atoms with E-state index in [0.717, 1.165) is 18.5 Å². The number of aryl methyl sites for hydroxylation is 3. The van der Waals surface area contributed by atoms with Gasteiger partial charge in [0.15, 0.2) is 17.2 Å². The molecule has 1 amide bonds. The molecule has 0 saturated heterocycles. The number of benzene rings is 1. The smallest absolute Gasteiger partial charge is 0.228 e. The van der Waals surface area contributed by atoms with Gasteiger partial charge in [0.25, 0.3) is 0 Å². The molecular formula is C23H24FN7O2. The number of hydrogen-bond donors (Lipinski definition) is 3. The highest BCUT2D eigenvalue weighted by molar-refractivity contribution is 5.97. The van der Waals surface area contributed by atoms with E-state index in [1.807, 2.05) is 27.0 Å². The third kappa shape index (κ3) is 3.88. The van der Waals surface area contributed by atoms with E-state index in [1.54, 1.807) is 22.9 Å². The Hall–Kier alpha value is -3.95. The number of halogens is 1. The first-order valence-corrected chi connectivity index (χ1v) is 10.7. The van der Waals surface area contributed by atoms with Gasteiger partial charge in [-0.1, -0.05) is 0 Å². The van der Waals surface area contributed by atoms with Crippen molar-refractivity contribution in [1.29, 1.82) is 0 Å². The highest BCUT2D eigenvalue weighted by atomic mass is 19.1. The summed E-state index contributed by atoms with van der Waals surface area (Å²) in [5.41, 5.74) is 3.89. The maximum Gasteiger partial charge on any atom is 0.228 e. The summed E-state index contributed by atoms with van der Waals surface area (Å²) >= 11 is 0. The van der Waals surface area contributed by atoms with E-state index in [0.29, 0.717) is 45.4 Å². The topological polar surface area (TPSA) is 110 Å². The Morgan fingerprint density at radius 1 is 1.21 bits per heavy atom. The zero-order valence-electron chi connectivity index (χ0n) is 18.8. The van der Waals surface area contributed by atoms with E-state index < -0.39 is 5.82 Å². The standard InChI is InChI=1S/C23H24FN7O2/c1-11-9-16(30-31(11)3)14-7-8-15(21(33-4)19(14)24)27-17-10-18(29-23(32)13-5-6-13)28-22-20(17)25-12(2)26-22/h7-10,13H,5-6H2,1-4H3,(H3,25,26,27,28,29,32). The molecule has 1 aliphatic rings. The summed E-state index contributed by atoms with van der Waals surface area (Å²) in [6.07, 6.45) is 1.78. The van der Waals surface area contributed by atoms with Gasteiger partial charge in [-0.25, -0.2) is 14.4 Å². The van der Waals surface area contributed by atoms with Crippen molar-refractivity contribution in [2.75, 3.05) is 17.7 Å². The lowest BCUT2D eigenvalue weighted by molar-refractivity contribution is -0.117. The maximum atomic E-state index is 15.4. The van der Waals surface area contributed by atoms with Crippen LogP contribution in [-0.4, -0.2) is 37.7 Å². The Labute approximate surface area is 189 Å². The van der Waals surface area contributed by atoms with Crippen LogP contribution < -0.4 is 15.4 Å². The highest BCUT2D eigenvalue weighted by Crippen LogP contribution is 2.38. The van der Waals surface area contributed by atoms with Gasteiger partial charge >= 0.3 is 0 Å². The summed E-state index contributed by atoms with van der Waals surface area (Å²) in [6.45, 7) is 3.72. The predicted molar refractivity (Wildman–Crippen MR) is 123 cm³/mol. The average Bonchev–Trinajstić information content (AvgIpc) is 3.48. The highest BCUT2D eigenvalue weighted by Gasteiger charge is 2.30. The van der Waals surface area contributed by atoms with E-state index in [-0.39, 0.29) is 17.6 Å². The normalized spacial score (nSPS) is 13.4. The lowest BCUT2D eigenvalue weighted by Gasteiger charge is -2.15. The summed E-state index contributed by atoms with van der Waals surface area (Å²) in [7, 11) is 3.23. The van der Waals surface area contributed by atoms with Crippen LogP contribution in [0.2, 0.25) is 0 Å². The minimum atomic E-state index is -0.519. The molecule has 3 aromatic heterocycles. The third-order valence-corrected chi connectivity index (χ3v) is 5.74. The molecule has 0 spiro atoms. The molecule has 0 atom stereocenters.